The number of aromatic nitrogens is 2. The minimum absolute atomic E-state index is 0.637. The third-order valence-corrected chi connectivity index (χ3v) is 3.92. The van der Waals surface area contributed by atoms with Crippen molar-refractivity contribution in [2.75, 3.05) is 6.54 Å². The van der Waals surface area contributed by atoms with Gasteiger partial charge >= 0.3 is 0 Å². The molecule has 0 saturated carbocycles. The number of aryl methyl sites for hydroxylation is 1. The summed E-state index contributed by atoms with van der Waals surface area (Å²) in [5, 5.41) is 4.76. The second-order valence-electron chi connectivity index (χ2n) is 5.30. The molecular weight excluding hydrogens is 286 g/mol. The summed E-state index contributed by atoms with van der Waals surface area (Å²) >= 11 is 5.97. The molecule has 114 valence electrons. The van der Waals surface area contributed by atoms with Gasteiger partial charge < -0.3 is 10.3 Å². The highest BCUT2D eigenvalue weighted by atomic mass is 35.5. The van der Waals surface area contributed by atoms with Gasteiger partial charge in [0, 0.05) is 17.9 Å². The van der Waals surface area contributed by atoms with Crippen LogP contribution in [0.2, 0.25) is 5.02 Å². The summed E-state index contributed by atoms with van der Waals surface area (Å²) in [6.45, 7) is 2.93. The highest BCUT2D eigenvalue weighted by Gasteiger charge is 2.11. The molecule has 0 aliphatic rings. The second-order valence-corrected chi connectivity index (χ2v) is 5.74. The molecule has 2 aromatic rings. The molecule has 0 saturated heterocycles. The number of halogens is 1. The van der Waals surface area contributed by atoms with Crippen LogP contribution in [0.1, 0.15) is 43.5 Å². The third-order valence-electron chi connectivity index (χ3n) is 3.68. The molecule has 1 unspecified atom stereocenters. The van der Waals surface area contributed by atoms with E-state index >= 15 is 0 Å². The van der Waals surface area contributed by atoms with Crippen LogP contribution in [0.5, 0.6) is 0 Å². The van der Waals surface area contributed by atoms with Gasteiger partial charge in [-0.25, -0.2) is 0 Å². The van der Waals surface area contributed by atoms with Gasteiger partial charge in [0.2, 0.25) is 5.89 Å². The van der Waals surface area contributed by atoms with Crippen LogP contribution in [0, 0.1) is 5.92 Å². The van der Waals surface area contributed by atoms with Gasteiger partial charge in [-0.2, -0.15) is 4.98 Å². The standard InChI is InChI=1S/C16H22ClN3O/c1-2-12(8-9-18)6-7-16-19-15(20-21-16)11-13-4-3-5-14(17)10-13/h3-5,10,12H,2,6-9,11,18H2,1H3. The number of hydrogen-bond acceptors (Lipinski definition) is 4. The number of nitrogens with two attached hydrogens (primary N) is 1. The number of benzene rings is 1. The summed E-state index contributed by atoms with van der Waals surface area (Å²) in [6.07, 6.45) is 4.71. The zero-order valence-electron chi connectivity index (χ0n) is 12.4. The van der Waals surface area contributed by atoms with Gasteiger partial charge in [0.05, 0.1) is 0 Å². The highest BCUT2D eigenvalue weighted by Crippen LogP contribution is 2.17. The molecule has 1 aromatic heterocycles. The Balaban J connectivity index is 1.89. The Kier molecular flexibility index (Phi) is 6.21. The first-order chi connectivity index (χ1) is 10.2. The molecule has 0 bridgehead atoms. The van der Waals surface area contributed by atoms with E-state index in [1.54, 1.807) is 0 Å². The normalized spacial score (nSPS) is 12.5. The van der Waals surface area contributed by atoms with E-state index in [1.165, 1.54) is 0 Å². The maximum absolute atomic E-state index is 5.97. The topological polar surface area (TPSA) is 64.9 Å². The van der Waals surface area contributed by atoms with Gasteiger partial charge in [0.1, 0.15) is 0 Å². The largest absolute Gasteiger partial charge is 0.339 e. The highest BCUT2D eigenvalue weighted by molar-refractivity contribution is 6.30. The maximum atomic E-state index is 5.97. The molecule has 4 nitrogen and oxygen atoms in total. The molecule has 1 aromatic carbocycles. The van der Waals surface area contributed by atoms with Crippen LogP contribution < -0.4 is 5.73 Å². The Hall–Kier alpha value is -1.39. The summed E-state index contributed by atoms with van der Waals surface area (Å²) in [6, 6.07) is 7.72. The van der Waals surface area contributed by atoms with Crippen LogP contribution >= 0.6 is 11.6 Å². The summed E-state index contributed by atoms with van der Waals surface area (Å²) in [7, 11) is 0. The molecule has 0 fully saturated rings. The lowest BCUT2D eigenvalue weighted by Crippen LogP contribution is -2.09. The molecule has 1 atom stereocenters. The summed E-state index contributed by atoms with van der Waals surface area (Å²) in [5.41, 5.74) is 6.70. The van der Waals surface area contributed by atoms with E-state index in [4.69, 9.17) is 21.9 Å². The first-order valence-corrected chi connectivity index (χ1v) is 7.85. The van der Waals surface area contributed by atoms with Gasteiger partial charge in [-0.1, -0.05) is 42.2 Å². The van der Waals surface area contributed by atoms with E-state index in [1.807, 2.05) is 24.3 Å². The maximum Gasteiger partial charge on any atom is 0.226 e. The van der Waals surface area contributed by atoms with E-state index in [-0.39, 0.29) is 0 Å². The fourth-order valence-corrected chi connectivity index (χ4v) is 2.62. The summed E-state index contributed by atoms with van der Waals surface area (Å²) in [4.78, 5) is 4.45. The van der Waals surface area contributed by atoms with E-state index in [0.29, 0.717) is 24.1 Å². The van der Waals surface area contributed by atoms with Crippen LogP contribution in [0.25, 0.3) is 0 Å². The molecule has 0 spiro atoms. The molecule has 21 heavy (non-hydrogen) atoms. The van der Waals surface area contributed by atoms with E-state index in [0.717, 1.165) is 42.8 Å². The number of nitrogens with zero attached hydrogens (tertiary/aromatic N) is 2. The average Bonchev–Trinajstić information content (AvgIpc) is 2.91. The van der Waals surface area contributed by atoms with E-state index < -0.39 is 0 Å². The van der Waals surface area contributed by atoms with Crippen LogP contribution in [0.4, 0.5) is 0 Å². The quantitative estimate of drug-likeness (QED) is 0.809. The van der Waals surface area contributed by atoms with Crippen LogP contribution in [-0.2, 0) is 12.8 Å². The van der Waals surface area contributed by atoms with Crippen molar-refractivity contribution < 1.29 is 4.52 Å². The van der Waals surface area contributed by atoms with Crippen molar-refractivity contribution in [2.45, 2.75) is 39.0 Å². The predicted molar refractivity (Wildman–Crippen MR) is 84.3 cm³/mol. The van der Waals surface area contributed by atoms with Crippen molar-refractivity contribution in [3.8, 4) is 0 Å². The molecule has 5 heteroatoms. The smallest absolute Gasteiger partial charge is 0.226 e. The predicted octanol–water partition coefficient (Wildman–Crippen LogP) is 3.62. The van der Waals surface area contributed by atoms with Crippen molar-refractivity contribution >= 4 is 11.6 Å². The fourth-order valence-electron chi connectivity index (χ4n) is 2.41. The number of rotatable bonds is 8. The Bertz CT molecular complexity index is 556. The minimum Gasteiger partial charge on any atom is -0.339 e. The summed E-state index contributed by atoms with van der Waals surface area (Å²) < 4.78 is 5.31. The fraction of sp³-hybridized carbons (Fsp3) is 0.500. The molecule has 2 N–H and O–H groups in total. The Morgan fingerprint density at radius 2 is 2.19 bits per heavy atom. The van der Waals surface area contributed by atoms with Crippen molar-refractivity contribution in [1.82, 2.24) is 10.1 Å². The molecular formula is C16H22ClN3O. The monoisotopic (exact) mass is 307 g/mol. The molecule has 0 aliphatic carbocycles. The van der Waals surface area contributed by atoms with Crippen LogP contribution in [0.3, 0.4) is 0 Å². The molecule has 0 radical (unpaired) electrons. The lowest BCUT2D eigenvalue weighted by atomic mass is 9.97. The zero-order chi connectivity index (χ0) is 15.1. The average molecular weight is 308 g/mol. The van der Waals surface area contributed by atoms with Gasteiger partial charge in [0.25, 0.3) is 0 Å². The van der Waals surface area contributed by atoms with E-state index in [9.17, 15) is 0 Å². The van der Waals surface area contributed by atoms with Gasteiger partial charge in [-0.3, -0.25) is 0 Å². The molecule has 2 rings (SSSR count). The van der Waals surface area contributed by atoms with Gasteiger partial charge in [-0.05, 0) is 43.0 Å². The second kappa shape index (κ2) is 8.15. The van der Waals surface area contributed by atoms with Gasteiger partial charge in [-0.15, -0.1) is 0 Å². The Labute approximate surface area is 130 Å². The Morgan fingerprint density at radius 3 is 2.90 bits per heavy atom. The first-order valence-electron chi connectivity index (χ1n) is 7.47. The molecule has 0 aliphatic heterocycles. The lowest BCUT2D eigenvalue weighted by molar-refractivity contribution is 0.351. The van der Waals surface area contributed by atoms with Crippen molar-refractivity contribution in [3.05, 3.63) is 46.6 Å². The Morgan fingerprint density at radius 1 is 1.33 bits per heavy atom. The van der Waals surface area contributed by atoms with Crippen molar-refractivity contribution in [3.63, 3.8) is 0 Å². The number of hydrogen-bond donors (Lipinski definition) is 1. The molecule has 1 heterocycles. The zero-order valence-corrected chi connectivity index (χ0v) is 13.1. The minimum atomic E-state index is 0.637. The molecule has 0 amide bonds. The SMILES string of the molecule is CCC(CCN)CCc1nc(Cc2cccc(Cl)c2)no1. The van der Waals surface area contributed by atoms with Crippen molar-refractivity contribution in [2.24, 2.45) is 11.7 Å². The van der Waals surface area contributed by atoms with Crippen molar-refractivity contribution in [1.29, 1.82) is 0 Å². The first kappa shape index (κ1) is 16.0. The summed E-state index contributed by atoms with van der Waals surface area (Å²) in [5.74, 6) is 2.06. The van der Waals surface area contributed by atoms with Crippen LogP contribution in [-0.4, -0.2) is 16.7 Å². The lowest BCUT2D eigenvalue weighted by Gasteiger charge is -2.11. The van der Waals surface area contributed by atoms with Gasteiger partial charge in [0.15, 0.2) is 5.82 Å². The van der Waals surface area contributed by atoms with Crippen LogP contribution in [0.15, 0.2) is 28.8 Å². The third kappa shape index (κ3) is 5.14. The van der Waals surface area contributed by atoms with E-state index in [2.05, 4.69) is 17.1 Å².